The molecule has 0 atom stereocenters. The van der Waals surface area contributed by atoms with Crippen molar-refractivity contribution in [3.05, 3.63) is 53.6 Å². The number of nitrogens with two attached hydrogens (primary N) is 1. The van der Waals surface area contributed by atoms with Crippen LogP contribution in [0.5, 0.6) is 5.75 Å². The number of rotatable bonds is 4. The van der Waals surface area contributed by atoms with Gasteiger partial charge in [-0.3, -0.25) is 4.79 Å². The third-order valence-electron chi connectivity index (χ3n) is 2.76. The van der Waals surface area contributed by atoms with Gasteiger partial charge in [-0.1, -0.05) is 12.1 Å². The summed E-state index contributed by atoms with van der Waals surface area (Å²) in [6.07, 6.45) is 0. The van der Waals surface area contributed by atoms with Gasteiger partial charge in [0.25, 0.3) is 5.91 Å². The monoisotopic (exact) mass is 292 g/mol. The smallest absolute Gasteiger partial charge is 0.259 e. The molecule has 0 radical (unpaired) electrons. The van der Waals surface area contributed by atoms with Gasteiger partial charge in [-0.25, -0.2) is 8.78 Å². The standard InChI is InChI=1S/C15H14F2N2O2/c1-2-21-13-6-4-3-5-10(13)15(20)19-14-11(17)7-9(16)8-12(14)18/h3-8H,2,18H2,1H3,(H,19,20). The highest BCUT2D eigenvalue weighted by Crippen LogP contribution is 2.26. The van der Waals surface area contributed by atoms with Crippen molar-refractivity contribution in [2.24, 2.45) is 0 Å². The van der Waals surface area contributed by atoms with Crippen LogP contribution >= 0.6 is 0 Å². The van der Waals surface area contributed by atoms with E-state index >= 15 is 0 Å². The summed E-state index contributed by atoms with van der Waals surface area (Å²) in [5.74, 6) is -1.96. The van der Waals surface area contributed by atoms with E-state index in [9.17, 15) is 13.6 Å². The molecule has 110 valence electrons. The van der Waals surface area contributed by atoms with Crippen molar-refractivity contribution >= 4 is 17.3 Å². The molecule has 0 unspecified atom stereocenters. The van der Waals surface area contributed by atoms with E-state index in [4.69, 9.17) is 10.5 Å². The van der Waals surface area contributed by atoms with Crippen LogP contribution in [0.15, 0.2) is 36.4 Å². The second kappa shape index (κ2) is 6.21. The topological polar surface area (TPSA) is 64.3 Å². The van der Waals surface area contributed by atoms with Crippen LogP contribution in [0.1, 0.15) is 17.3 Å². The number of amides is 1. The van der Waals surface area contributed by atoms with Crippen LogP contribution in [0.25, 0.3) is 0 Å². The van der Waals surface area contributed by atoms with Crippen molar-refractivity contribution in [3.8, 4) is 5.75 Å². The molecular formula is C15H14F2N2O2. The lowest BCUT2D eigenvalue weighted by atomic mass is 10.1. The second-order valence-corrected chi connectivity index (χ2v) is 4.24. The molecule has 0 aliphatic carbocycles. The van der Waals surface area contributed by atoms with Gasteiger partial charge in [0.1, 0.15) is 17.3 Å². The maximum atomic E-state index is 13.7. The highest BCUT2D eigenvalue weighted by Gasteiger charge is 2.16. The van der Waals surface area contributed by atoms with E-state index in [2.05, 4.69) is 5.32 Å². The van der Waals surface area contributed by atoms with Crippen LogP contribution < -0.4 is 15.8 Å². The first kappa shape index (κ1) is 14.8. The summed E-state index contributed by atoms with van der Waals surface area (Å²) >= 11 is 0. The Labute approximate surface area is 120 Å². The van der Waals surface area contributed by atoms with E-state index in [0.29, 0.717) is 18.4 Å². The van der Waals surface area contributed by atoms with Crippen LogP contribution in [0, 0.1) is 11.6 Å². The fourth-order valence-electron chi connectivity index (χ4n) is 1.84. The number of benzene rings is 2. The highest BCUT2D eigenvalue weighted by molar-refractivity contribution is 6.07. The normalized spacial score (nSPS) is 10.2. The Morgan fingerprint density at radius 3 is 2.67 bits per heavy atom. The number of nitrogen functional groups attached to an aromatic ring is 1. The minimum Gasteiger partial charge on any atom is -0.493 e. The largest absolute Gasteiger partial charge is 0.493 e. The van der Waals surface area contributed by atoms with E-state index in [-0.39, 0.29) is 16.9 Å². The lowest BCUT2D eigenvalue weighted by molar-refractivity contribution is 0.102. The fraction of sp³-hybridized carbons (Fsp3) is 0.133. The lowest BCUT2D eigenvalue weighted by Gasteiger charge is -2.12. The Kier molecular flexibility index (Phi) is 4.37. The first-order valence-electron chi connectivity index (χ1n) is 6.30. The summed E-state index contributed by atoms with van der Waals surface area (Å²) in [6, 6.07) is 8.13. The van der Waals surface area contributed by atoms with Gasteiger partial charge in [-0.15, -0.1) is 0 Å². The van der Waals surface area contributed by atoms with E-state index in [1.807, 2.05) is 0 Å². The Hall–Kier alpha value is -2.63. The molecule has 4 nitrogen and oxygen atoms in total. The first-order chi connectivity index (χ1) is 10.0. The number of hydrogen-bond acceptors (Lipinski definition) is 3. The second-order valence-electron chi connectivity index (χ2n) is 4.24. The minimum atomic E-state index is -0.935. The Balaban J connectivity index is 2.31. The number of carbonyl (C=O) groups excluding carboxylic acids is 1. The van der Waals surface area contributed by atoms with Crippen molar-refractivity contribution in [3.63, 3.8) is 0 Å². The first-order valence-corrected chi connectivity index (χ1v) is 6.30. The molecule has 0 heterocycles. The predicted molar refractivity (Wildman–Crippen MR) is 76.3 cm³/mol. The summed E-state index contributed by atoms with van der Waals surface area (Å²) in [7, 11) is 0. The molecule has 0 aliphatic heterocycles. The molecule has 0 bridgehead atoms. The third kappa shape index (κ3) is 3.28. The summed E-state index contributed by atoms with van der Waals surface area (Å²) < 4.78 is 32.0. The average Bonchev–Trinajstić information content (AvgIpc) is 2.43. The molecule has 0 saturated heterocycles. The number of halogens is 2. The number of para-hydroxylation sites is 1. The van der Waals surface area contributed by atoms with Crippen molar-refractivity contribution in [1.29, 1.82) is 0 Å². The van der Waals surface area contributed by atoms with Gasteiger partial charge in [0, 0.05) is 6.07 Å². The summed E-state index contributed by atoms with van der Waals surface area (Å²) in [6.45, 7) is 2.17. The molecule has 6 heteroatoms. The van der Waals surface area contributed by atoms with E-state index in [1.54, 1.807) is 25.1 Å². The Bertz CT molecular complexity index is 651. The van der Waals surface area contributed by atoms with Crippen molar-refractivity contribution < 1.29 is 18.3 Å². The van der Waals surface area contributed by atoms with Crippen molar-refractivity contribution in [2.75, 3.05) is 17.7 Å². The van der Waals surface area contributed by atoms with Crippen molar-refractivity contribution in [2.45, 2.75) is 6.92 Å². The predicted octanol–water partition coefficient (Wildman–Crippen LogP) is 3.20. The molecule has 0 fully saturated rings. The number of hydrogen-bond donors (Lipinski definition) is 2. The van der Waals surface area contributed by atoms with Crippen LogP contribution in [0.3, 0.4) is 0 Å². The van der Waals surface area contributed by atoms with E-state index in [1.165, 1.54) is 6.07 Å². The average molecular weight is 292 g/mol. The Morgan fingerprint density at radius 2 is 2.00 bits per heavy atom. The number of anilines is 2. The molecule has 0 saturated carbocycles. The quantitative estimate of drug-likeness (QED) is 0.851. The number of carbonyl (C=O) groups is 1. The molecule has 21 heavy (non-hydrogen) atoms. The molecular weight excluding hydrogens is 278 g/mol. The van der Waals surface area contributed by atoms with Gasteiger partial charge in [-0.2, -0.15) is 0 Å². The summed E-state index contributed by atoms with van der Waals surface area (Å²) in [5.41, 5.74) is 5.32. The summed E-state index contributed by atoms with van der Waals surface area (Å²) in [5, 5.41) is 2.34. The zero-order chi connectivity index (χ0) is 15.4. The molecule has 2 aromatic carbocycles. The fourth-order valence-corrected chi connectivity index (χ4v) is 1.84. The van der Waals surface area contributed by atoms with Gasteiger partial charge >= 0.3 is 0 Å². The van der Waals surface area contributed by atoms with E-state index in [0.717, 1.165) is 6.07 Å². The zero-order valence-electron chi connectivity index (χ0n) is 11.3. The highest BCUT2D eigenvalue weighted by atomic mass is 19.1. The van der Waals surface area contributed by atoms with Gasteiger partial charge in [0.15, 0.2) is 5.82 Å². The Morgan fingerprint density at radius 1 is 1.29 bits per heavy atom. The van der Waals surface area contributed by atoms with Crippen molar-refractivity contribution in [1.82, 2.24) is 0 Å². The third-order valence-corrected chi connectivity index (χ3v) is 2.76. The van der Waals surface area contributed by atoms with Crippen LogP contribution in [-0.4, -0.2) is 12.5 Å². The van der Waals surface area contributed by atoms with Gasteiger partial charge in [-0.05, 0) is 25.1 Å². The maximum absolute atomic E-state index is 13.7. The van der Waals surface area contributed by atoms with Crippen LogP contribution in [0.4, 0.5) is 20.2 Å². The van der Waals surface area contributed by atoms with Gasteiger partial charge in [0.2, 0.25) is 0 Å². The molecule has 2 aromatic rings. The summed E-state index contributed by atoms with van der Waals surface area (Å²) in [4.78, 5) is 12.2. The van der Waals surface area contributed by atoms with Gasteiger partial charge in [0.05, 0.1) is 17.9 Å². The lowest BCUT2D eigenvalue weighted by Crippen LogP contribution is -2.16. The molecule has 1 amide bonds. The molecule has 3 N–H and O–H groups in total. The van der Waals surface area contributed by atoms with E-state index < -0.39 is 17.5 Å². The SMILES string of the molecule is CCOc1ccccc1C(=O)Nc1c(N)cc(F)cc1F. The molecule has 2 rings (SSSR count). The van der Waals surface area contributed by atoms with Crippen LogP contribution in [-0.2, 0) is 0 Å². The number of ether oxygens (including phenoxy) is 1. The zero-order valence-corrected chi connectivity index (χ0v) is 11.3. The molecule has 0 aliphatic rings. The maximum Gasteiger partial charge on any atom is 0.259 e. The molecule has 0 spiro atoms. The molecule has 0 aromatic heterocycles. The van der Waals surface area contributed by atoms with Crippen LogP contribution in [0.2, 0.25) is 0 Å². The number of nitrogens with one attached hydrogen (secondary N) is 1. The van der Waals surface area contributed by atoms with Gasteiger partial charge < -0.3 is 15.8 Å². The minimum absolute atomic E-state index is 0.185.